The highest BCUT2D eigenvalue weighted by Crippen LogP contribution is 2.49. The van der Waals surface area contributed by atoms with E-state index in [1.54, 1.807) is 0 Å². The van der Waals surface area contributed by atoms with Gasteiger partial charge < -0.3 is 9.47 Å². The molecule has 0 bridgehead atoms. The fourth-order valence-electron chi connectivity index (χ4n) is 3.05. The Morgan fingerprint density at radius 1 is 1.19 bits per heavy atom. The fourth-order valence-corrected chi connectivity index (χ4v) is 3.05. The van der Waals surface area contributed by atoms with E-state index in [1.165, 1.54) is 12.8 Å². The molecule has 3 atom stereocenters. The van der Waals surface area contributed by atoms with Gasteiger partial charge >= 0.3 is 0 Å². The molecule has 94 valence electrons. The van der Waals surface area contributed by atoms with Crippen LogP contribution < -0.4 is 0 Å². The third kappa shape index (κ3) is 2.02. The molecule has 2 nitrogen and oxygen atoms in total. The zero-order valence-corrected chi connectivity index (χ0v) is 11.4. The Labute approximate surface area is 99.7 Å². The minimum atomic E-state index is 0.0733. The van der Waals surface area contributed by atoms with Crippen LogP contribution in [-0.4, -0.2) is 18.0 Å². The number of rotatable bonds is 2. The third-order valence-corrected chi connectivity index (χ3v) is 4.46. The molecule has 0 unspecified atom stereocenters. The summed E-state index contributed by atoms with van der Waals surface area (Å²) in [7, 11) is 0. The van der Waals surface area contributed by atoms with E-state index in [1.807, 2.05) is 0 Å². The maximum Gasteiger partial charge on any atom is 0.161 e. The first-order valence-electron chi connectivity index (χ1n) is 6.73. The summed E-state index contributed by atoms with van der Waals surface area (Å²) in [6.07, 6.45) is 5.03. The number of fused-ring (bicyclic) bond motifs is 1. The van der Waals surface area contributed by atoms with E-state index in [-0.39, 0.29) is 17.3 Å². The lowest BCUT2D eigenvalue weighted by Gasteiger charge is -2.31. The molecule has 2 heterocycles. The SMILES string of the molecule is CCC1(CC)C[C@H]2C[C@@H](C(C)(C)C)O[C@H]2O1. The van der Waals surface area contributed by atoms with Crippen LogP contribution in [0.3, 0.4) is 0 Å². The Morgan fingerprint density at radius 3 is 2.25 bits per heavy atom. The van der Waals surface area contributed by atoms with Crippen LogP contribution in [0.1, 0.15) is 60.3 Å². The van der Waals surface area contributed by atoms with Crippen LogP contribution in [-0.2, 0) is 9.47 Å². The van der Waals surface area contributed by atoms with Crippen LogP contribution in [0.5, 0.6) is 0 Å². The molecule has 2 aliphatic heterocycles. The van der Waals surface area contributed by atoms with E-state index in [0.717, 1.165) is 12.8 Å². The summed E-state index contributed by atoms with van der Waals surface area (Å²) in [5.74, 6) is 0.629. The van der Waals surface area contributed by atoms with Gasteiger partial charge in [0.1, 0.15) is 0 Å². The first-order chi connectivity index (χ1) is 7.40. The van der Waals surface area contributed by atoms with E-state index in [2.05, 4.69) is 34.6 Å². The van der Waals surface area contributed by atoms with Gasteiger partial charge in [0, 0.05) is 5.92 Å². The van der Waals surface area contributed by atoms with E-state index in [9.17, 15) is 0 Å². The Hall–Kier alpha value is -0.0800. The van der Waals surface area contributed by atoms with Gasteiger partial charge in [0.15, 0.2) is 6.29 Å². The normalized spacial score (nSPS) is 37.7. The van der Waals surface area contributed by atoms with Gasteiger partial charge in [-0.15, -0.1) is 0 Å². The van der Waals surface area contributed by atoms with Crippen LogP contribution in [0.4, 0.5) is 0 Å². The maximum atomic E-state index is 6.17. The van der Waals surface area contributed by atoms with Crippen molar-refractivity contribution in [2.45, 2.75) is 78.3 Å². The van der Waals surface area contributed by atoms with E-state index >= 15 is 0 Å². The van der Waals surface area contributed by atoms with Gasteiger partial charge in [-0.05, 0) is 31.1 Å². The van der Waals surface area contributed by atoms with Gasteiger partial charge in [-0.1, -0.05) is 34.6 Å². The number of hydrogen-bond donors (Lipinski definition) is 0. The maximum absolute atomic E-state index is 6.17. The van der Waals surface area contributed by atoms with Gasteiger partial charge in [0.05, 0.1) is 11.7 Å². The second kappa shape index (κ2) is 3.99. The van der Waals surface area contributed by atoms with E-state index in [4.69, 9.17) is 9.47 Å². The molecule has 0 aromatic rings. The highest BCUT2D eigenvalue weighted by molar-refractivity contribution is 4.96. The Kier molecular flexibility index (Phi) is 3.09. The molecule has 2 aliphatic rings. The van der Waals surface area contributed by atoms with Crippen molar-refractivity contribution in [1.29, 1.82) is 0 Å². The van der Waals surface area contributed by atoms with E-state index in [0.29, 0.717) is 12.0 Å². The summed E-state index contributed by atoms with van der Waals surface area (Å²) < 4.78 is 12.3. The lowest BCUT2D eigenvalue weighted by atomic mass is 9.82. The molecular formula is C14H26O2. The van der Waals surface area contributed by atoms with Crippen molar-refractivity contribution >= 4 is 0 Å². The second-order valence-corrected chi connectivity index (χ2v) is 6.57. The highest BCUT2D eigenvalue weighted by Gasteiger charge is 2.51. The molecule has 2 fully saturated rings. The Morgan fingerprint density at radius 2 is 1.81 bits per heavy atom. The topological polar surface area (TPSA) is 18.5 Å². The average Bonchev–Trinajstić information content (AvgIpc) is 2.71. The largest absolute Gasteiger partial charge is 0.349 e. The molecule has 2 heteroatoms. The summed E-state index contributed by atoms with van der Waals surface area (Å²) in [5, 5.41) is 0. The summed E-state index contributed by atoms with van der Waals surface area (Å²) in [5.41, 5.74) is 0.354. The first-order valence-corrected chi connectivity index (χ1v) is 6.73. The molecule has 0 saturated carbocycles. The van der Waals surface area contributed by atoms with Crippen LogP contribution >= 0.6 is 0 Å². The van der Waals surface area contributed by atoms with E-state index < -0.39 is 0 Å². The third-order valence-electron chi connectivity index (χ3n) is 4.46. The quantitative estimate of drug-likeness (QED) is 0.714. The van der Waals surface area contributed by atoms with Gasteiger partial charge in [-0.25, -0.2) is 0 Å². The predicted octanol–water partition coefficient (Wildman–Crippen LogP) is 3.74. The van der Waals surface area contributed by atoms with Gasteiger partial charge in [-0.2, -0.15) is 0 Å². The second-order valence-electron chi connectivity index (χ2n) is 6.57. The summed E-state index contributed by atoms with van der Waals surface area (Å²) >= 11 is 0. The summed E-state index contributed by atoms with van der Waals surface area (Å²) in [6, 6.07) is 0. The van der Waals surface area contributed by atoms with Crippen molar-refractivity contribution in [3.63, 3.8) is 0 Å². The molecule has 0 aromatic heterocycles. The van der Waals surface area contributed by atoms with Crippen LogP contribution in [0.15, 0.2) is 0 Å². The molecule has 0 amide bonds. The van der Waals surface area contributed by atoms with Crippen molar-refractivity contribution < 1.29 is 9.47 Å². The molecular weight excluding hydrogens is 200 g/mol. The molecule has 0 aromatic carbocycles. The summed E-state index contributed by atoms with van der Waals surface area (Å²) in [6.45, 7) is 11.2. The first kappa shape index (κ1) is 12.4. The average molecular weight is 226 g/mol. The molecule has 0 aliphatic carbocycles. The van der Waals surface area contributed by atoms with Crippen molar-refractivity contribution in [3.05, 3.63) is 0 Å². The Bertz CT molecular complexity index is 234. The number of hydrogen-bond acceptors (Lipinski definition) is 2. The van der Waals surface area contributed by atoms with Crippen molar-refractivity contribution in [2.75, 3.05) is 0 Å². The predicted molar refractivity (Wildman–Crippen MR) is 65.2 cm³/mol. The van der Waals surface area contributed by atoms with Gasteiger partial charge in [-0.3, -0.25) is 0 Å². The monoisotopic (exact) mass is 226 g/mol. The van der Waals surface area contributed by atoms with Gasteiger partial charge in [0.25, 0.3) is 0 Å². The van der Waals surface area contributed by atoms with Crippen molar-refractivity contribution in [3.8, 4) is 0 Å². The smallest absolute Gasteiger partial charge is 0.161 e. The van der Waals surface area contributed by atoms with Crippen LogP contribution in [0.25, 0.3) is 0 Å². The zero-order chi connectivity index (χ0) is 12.0. The summed E-state index contributed by atoms with van der Waals surface area (Å²) in [4.78, 5) is 0. The van der Waals surface area contributed by atoms with Crippen LogP contribution in [0.2, 0.25) is 0 Å². The molecule has 2 saturated heterocycles. The van der Waals surface area contributed by atoms with Crippen molar-refractivity contribution in [1.82, 2.24) is 0 Å². The zero-order valence-electron chi connectivity index (χ0n) is 11.4. The number of ether oxygens (including phenoxy) is 2. The fraction of sp³-hybridized carbons (Fsp3) is 1.00. The Balaban J connectivity index is 2.01. The molecule has 16 heavy (non-hydrogen) atoms. The minimum Gasteiger partial charge on any atom is -0.349 e. The molecule has 0 radical (unpaired) electrons. The molecule has 0 N–H and O–H groups in total. The van der Waals surface area contributed by atoms with Crippen LogP contribution in [0, 0.1) is 11.3 Å². The molecule has 0 spiro atoms. The lowest BCUT2D eigenvalue weighted by molar-refractivity contribution is -0.188. The molecule has 2 rings (SSSR count). The minimum absolute atomic E-state index is 0.0733. The van der Waals surface area contributed by atoms with Crippen molar-refractivity contribution in [2.24, 2.45) is 11.3 Å². The lowest BCUT2D eigenvalue weighted by Crippen LogP contribution is -2.32. The highest BCUT2D eigenvalue weighted by atomic mass is 16.7. The van der Waals surface area contributed by atoms with Gasteiger partial charge in [0.2, 0.25) is 0 Å². The standard InChI is InChI=1S/C14H26O2/c1-6-14(7-2)9-10-8-11(13(3,4)5)15-12(10)16-14/h10-12H,6-9H2,1-5H3/t10-,11+,12+/m1/s1.